The van der Waals surface area contributed by atoms with E-state index in [-0.39, 0.29) is 36.9 Å². The summed E-state index contributed by atoms with van der Waals surface area (Å²) in [4.78, 5) is 35.4. The first-order valence-electron chi connectivity index (χ1n) is 10.2. The second-order valence-corrected chi connectivity index (χ2v) is 8.50. The standard InChI is InChI=1S/C22H24ClF3N4O2/c1-14-3-5-17(6-4-14)30(19(31)18(23)24)21(2,15-11-27-13-28-12-15)20(32)29-16-7-9-22(25,26)10-8-16/h3-6,11-13,16,18H,7-10H2,1-2H3,(H,29,32)/t18-,21?/m0/s1. The molecule has 1 aliphatic rings. The van der Waals surface area contributed by atoms with Crippen LogP contribution < -0.4 is 10.2 Å². The summed E-state index contributed by atoms with van der Waals surface area (Å²) in [5.41, 5.74) is -2.87. The van der Waals surface area contributed by atoms with Crippen molar-refractivity contribution in [3.05, 3.63) is 54.1 Å². The summed E-state index contributed by atoms with van der Waals surface area (Å²) in [6, 6.07) is 6.05. The molecule has 2 aromatic rings. The topological polar surface area (TPSA) is 75.2 Å². The SMILES string of the molecule is Cc1ccc(N(C(=O)[C@H](F)Cl)C(C)(C(=O)NC2CCC(F)(F)CC2)c2cncnc2)cc1. The number of nitrogens with one attached hydrogen (secondary N) is 1. The van der Waals surface area contributed by atoms with Gasteiger partial charge in [0.1, 0.15) is 6.33 Å². The van der Waals surface area contributed by atoms with Crippen LogP contribution in [0.1, 0.15) is 43.7 Å². The molecule has 1 aromatic carbocycles. The molecular formula is C22H24ClF3N4O2. The van der Waals surface area contributed by atoms with E-state index < -0.39 is 34.9 Å². The summed E-state index contributed by atoms with van der Waals surface area (Å²) >= 11 is 5.52. The Morgan fingerprint density at radius 2 is 1.75 bits per heavy atom. The minimum Gasteiger partial charge on any atom is -0.351 e. The maximum atomic E-state index is 14.1. The van der Waals surface area contributed by atoms with Crippen molar-refractivity contribution >= 4 is 29.1 Å². The second-order valence-electron chi connectivity index (χ2n) is 8.11. The average Bonchev–Trinajstić information content (AvgIpc) is 2.77. The van der Waals surface area contributed by atoms with Gasteiger partial charge in [-0.2, -0.15) is 0 Å². The first-order chi connectivity index (χ1) is 15.0. The van der Waals surface area contributed by atoms with Crippen molar-refractivity contribution in [1.29, 1.82) is 0 Å². The molecule has 0 bridgehead atoms. The number of alkyl halides is 4. The number of anilines is 1. The first kappa shape index (κ1) is 24.0. The van der Waals surface area contributed by atoms with Crippen LogP contribution in [0.15, 0.2) is 43.0 Å². The Balaban J connectivity index is 2.05. The number of amides is 2. The van der Waals surface area contributed by atoms with Crippen LogP contribution in [0.4, 0.5) is 18.9 Å². The Bertz CT molecular complexity index is 949. The Morgan fingerprint density at radius 3 is 2.28 bits per heavy atom. The minimum atomic E-state index is -2.76. The molecule has 1 aliphatic carbocycles. The predicted molar refractivity (Wildman–Crippen MR) is 114 cm³/mol. The lowest BCUT2D eigenvalue weighted by molar-refractivity contribution is -0.132. The van der Waals surface area contributed by atoms with Crippen molar-refractivity contribution in [3.63, 3.8) is 0 Å². The number of rotatable bonds is 6. The van der Waals surface area contributed by atoms with Gasteiger partial charge in [-0.15, -0.1) is 0 Å². The maximum absolute atomic E-state index is 14.1. The number of nitrogens with zero attached hydrogens (tertiary/aromatic N) is 3. The van der Waals surface area contributed by atoms with E-state index in [4.69, 9.17) is 11.6 Å². The van der Waals surface area contributed by atoms with E-state index in [1.165, 1.54) is 25.6 Å². The van der Waals surface area contributed by atoms with Gasteiger partial charge in [-0.1, -0.05) is 29.3 Å². The van der Waals surface area contributed by atoms with Crippen molar-refractivity contribution in [2.24, 2.45) is 0 Å². The van der Waals surface area contributed by atoms with Crippen LogP contribution in [0.2, 0.25) is 0 Å². The number of hydrogen-bond acceptors (Lipinski definition) is 4. The molecule has 0 aliphatic heterocycles. The number of carbonyl (C=O) groups is 2. The highest BCUT2D eigenvalue weighted by atomic mass is 35.5. The van der Waals surface area contributed by atoms with Gasteiger partial charge in [0.15, 0.2) is 5.54 Å². The third-order valence-corrected chi connectivity index (χ3v) is 5.95. The number of carbonyl (C=O) groups excluding carboxylic acids is 2. The normalized spacial score (nSPS) is 18.9. The van der Waals surface area contributed by atoms with Crippen molar-refractivity contribution in [2.45, 2.75) is 62.7 Å². The van der Waals surface area contributed by atoms with Gasteiger partial charge in [-0.25, -0.2) is 23.1 Å². The fraction of sp³-hybridized carbons (Fsp3) is 0.455. The molecule has 0 radical (unpaired) electrons. The molecule has 2 atom stereocenters. The van der Waals surface area contributed by atoms with E-state index >= 15 is 0 Å². The number of aryl methyl sites for hydroxylation is 1. The molecule has 1 N–H and O–H groups in total. The summed E-state index contributed by atoms with van der Waals surface area (Å²) in [6.07, 6.45) is 3.41. The van der Waals surface area contributed by atoms with E-state index in [0.29, 0.717) is 0 Å². The Labute approximate surface area is 189 Å². The quantitative estimate of drug-likeness (QED) is 0.643. The van der Waals surface area contributed by atoms with Crippen LogP contribution in [-0.2, 0) is 15.1 Å². The third kappa shape index (κ3) is 5.03. The van der Waals surface area contributed by atoms with Gasteiger partial charge in [0.2, 0.25) is 5.92 Å². The van der Waals surface area contributed by atoms with Gasteiger partial charge in [0.25, 0.3) is 17.4 Å². The summed E-state index contributed by atoms with van der Waals surface area (Å²) < 4.78 is 41.2. The molecule has 3 rings (SSSR count). The van der Waals surface area contributed by atoms with Crippen LogP contribution in [0.5, 0.6) is 0 Å². The number of halogens is 4. The highest BCUT2D eigenvalue weighted by molar-refractivity contribution is 6.32. The zero-order valence-corrected chi connectivity index (χ0v) is 18.5. The molecule has 0 spiro atoms. The number of hydrogen-bond donors (Lipinski definition) is 1. The molecule has 6 nitrogen and oxygen atoms in total. The molecule has 1 saturated carbocycles. The zero-order valence-electron chi connectivity index (χ0n) is 17.7. The lowest BCUT2D eigenvalue weighted by Crippen LogP contribution is -2.60. The maximum Gasteiger partial charge on any atom is 0.278 e. The molecule has 1 heterocycles. The second kappa shape index (κ2) is 9.44. The van der Waals surface area contributed by atoms with Crippen LogP contribution >= 0.6 is 11.6 Å². The van der Waals surface area contributed by atoms with Gasteiger partial charge < -0.3 is 5.32 Å². The van der Waals surface area contributed by atoms with Crippen molar-refractivity contribution in [1.82, 2.24) is 15.3 Å². The smallest absolute Gasteiger partial charge is 0.278 e. The van der Waals surface area contributed by atoms with E-state index in [1.54, 1.807) is 24.3 Å². The molecule has 10 heteroatoms. The third-order valence-electron chi connectivity index (χ3n) is 5.76. The zero-order chi connectivity index (χ0) is 23.5. The van der Waals surface area contributed by atoms with Crippen LogP contribution in [-0.4, -0.2) is 39.4 Å². The van der Waals surface area contributed by atoms with E-state index in [9.17, 15) is 22.8 Å². The minimum absolute atomic E-state index is 0.0832. The molecule has 1 unspecified atom stereocenters. The molecule has 2 amide bonds. The van der Waals surface area contributed by atoms with Crippen molar-refractivity contribution in [2.75, 3.05) is 4.90 Å². The van der Waals surface area contributed by atoms with Gasteiger partial charge >= 0.3 is 0 Å². The molecule has 0 saturated heterocycles. The van der Waals surface area contributed by atoms with Crippen LogP contribution in [0, 0.1) is 6.92 Å². The van der Waals surface area contributed by atoms with Crippen molar-refractivity contribution < 1.29 is 22.8 Å². The predicted octanol–water partition coefficient (Wildman–Crippen LogP) is 4.26. The lowest BCUT2D eigenvalue weighted by atomic mass is 9.87. The molecular weight excluding hydrogens is 445 g/mol. The number of aromatic nitrogens is 2. The van der Waals surface area contributed by atoms with E-state index in [1.807, 2.05) is 6.92 Å². The van der Waals surface area contributed by atoms with Gasteiger partial charge in [0, 0.05) is 42.5 Å². The van der Waals surface area contributed by atoms with Gasteiger partial charge in [0.05, 0.1) is 0 Å². The Morgan fingerprint density at radius 1 is 1.19 bits per heavy atom. The van der Waals surface area contributed by atoms with Crippen molar-refractivity contribution in [3.8, 4) is 0 Å². The van der Waals surface area contributed by atoms with Crippen LogP contribution in [0.3, 0.4) is 0 Å². The average molecular weight is 469 g/mol. The molecule has 1 fully saturated rings. The number of benzene rings is 1. The summed E-state index contributed by atoms with van der Waals surface area (Å²) in [5.74, 6) is -4.58. The molecule has 32 heavy (non-hydrogen) atoms. The van der Waals surface area contributed by atoms with Gasteiger partial charge in [-0.3, -0.25) is 14.5 Å². The molecule has 172 valence electrons. The largest absolute Gasteiger partial charge is 0.351 e. The summed E-state index contributed by atoms with van der Waals surface area (Å²) in [5, 5.41) is 2.76. The van der Waals surface area contributed by atoms with Crippen LogP contribution in [0.25, 0.3) is 0 Å². The van der Waals surface area contributed by atoms with E-state index in [0.717, 1.165) is 10.5 Å². The van der Waals surface area contributed by atoms with E-state index in [2.05, 4.69) is 15.3 Å². The Kier molecular flexibility index (Phi) is 7.07. The fourth-order valence-corrected chi connectivity index (χ4v) is 3.92. The monoisotopic (exact) mass is 468 g/mol. The van der Waals surface area contributed by atoms with Gasteiger partial charge in [-0.05, 0) is 38.8 Å². The Hall–Kier alpha value is -2.68. The fourth-order valence-electron chi connectivity index (χ4n) is 3.82. The highest BCUT2D eigenvalue weighted by Crippen LogP contribution is 2.37. The lowest BCUT2D eigenvalue weighted by Gasteiger charge is -2.41. The summed E-state index contributed by atoms with van der Waals surface area (Å²) in [7, 11) is 0. The highest BCUT2D eigenvalue weighted by Gasteiger charge is 2.48. The first-order valence-corrected chi connectivity index (χ1v) is 10.6. The summed E-state index contributed by atoms with van der Waals surface area (Å²) in [6.45, 7) is 3.26. The molecule has 1 aromatic heterocycles.